The zero-order chi connectivity index (χ0) is 13.0. The summed E-state index contributed by atoms with van der Waals surface area (Å²) in [6.07, 6.45) is 1.70. The summed E-state index contributed by atoms with van der Waals surface area (Å²) in [6, 6.07) is 10.7. The van der Waals surface area contributed by atoms with Gasteiger partial charge in [0.25, 0.3) is 5.69 Å². The van der Waals surface area contributed by atoms with Gasteiger partial charge in [-0.1, -0.05) is 12.1 Å². The fraction of sp³-hybridized carbons (Fsp3) is 0.154. The molecule has 92 valence electrons. The summed E-state index contributed by atoms with van der Waals surface area (Å²) >= 11 is 0. The molecule has 0 aliphatic rings. The monoisotopic (exact) mass is 243 g/mol. The van der Waals surface area contributed by atoms with Crippen molar-refractivity contribution < 1.29 is 4.92 Å². The molecule has 5 heteroatoms. The molecule has 0 spiro atoms. The number of anilines is 1. The van der Waals surface area contributed by atoms with E-state index < -0.39 is 0 Å². The van der Waals surface area contributed by atoms with Gasteiger partial charge in [-0.25, -0.2) is 0 Å². The van der Waals surface area contributed by atoms with E-state index in [0.717, 1.165) is 11.3 Å². The lowest BCUT2D eigenvalue weighted by atomic mass is 10.2. The molecule has 1 N–H and O–H groups in total. The number of nitro benzene ring substituents is 1. The molecule has 1 aromatic heterocycles. The van der Waals surface area contributed by atoms with Crippen LogP contribution in [0.4, 0.5) is 11.4 Å². The fourth-order valence-corrected chi connectivity index (χ4v) is 1.63. The average molecular weight is 243 g/mol. The first kappa shape index (κ1) is 12.0. The van der Waals surface area contributed by atoms with Gasteiger partial charge in [0.05, 0.1) is 17.2 Å². The summed E-state index contributed by atoms with van der Waals surface area (Å²) in [5, 5.41) is 14.0. The lowest BCUT2D eigenvalue weighted by molar-refractivity contribution is -0.384. The molecule has 0 atom stereocenters. The number of aromatic nitrogens is 1. The maximum absolute atomic E-state index is 10.9. The largest absolute Gasteiger partial charge is 0.374 e. The van der Waals surface area contributed by atoms with E-state index >= 15 is 0 Å². The van der Waals surface area contributed by atoms with Crippen LogP contribution in [0.25, 0.3) is 0 Å². The Labute approximate surface area is 105 Å². The lowest BCUT2D eigenvalue weighted by Gasteiger charge is -2.07. The number of nitrogens with one attached hydrogen (secondary N) is 1. The maximum atomic E-state index is 10.9. The van der Waals surface area contributed by atoms with Gasteiger partial charge in [0.1, 0.15) is 5.69 Å². The third-order valence-corrected chi connectivity index (χ3v) is 2.54. The summed E-state index contributed by atoms with van der Waals surface area (Å²) in [5.41, 5.74) is 2.31. The zero-order valence-corrected chi connectivity index (χ0v) is 9.96. The molecular formula is C13H13N3O2. The van der Waals surface area contributed by atoms with Crippen LogP contribution in [0.1, 0.15) is 11.3 Å². The van der Waals surface area contributed by atoms with Crippen molar-refractivity contribution in [2.45, 2.75) is 13.5 Å². The molecule has 2 rings (SSSR count). The van der Waals surface area contributed by atoms with E-state index in [2.05, 4.69) is 10.3 Å². The van der Waals surface area contributed by atoms with Crippen molar-refractivity contribution in [1.29, 1.82) is 0 Å². The van der Waals surface area contributed by atoms with Gasteiger partial charge in [0.15, 0.2) is 0 Å². The van der Waals surface area contributed by atoms with Crippen LogP contribution in [0.15, 0.2) is 42.6 Å². The van der Waals surface area contributed by atoms with Crippen LogP contribution in [0.5, 0.6) is 0 Å². The zero-order valence-electron chi connectivity index (χ0n) is 9.96. The summed E-state index contributed by atoms with van der Waals surface area (Å²) < 4.78 is 0. The minimum Gasteiger partial charge on any atom is -0.374 e. The van der Waals surface area contributed by atoms with Crippen molar-refractivity contribution in [3.05, 3.63) is 64.0 Å². The second-order valence-electron chi connectivity index (χ2n) is 3.95. The number of nitrogens with zero attached hydrogens (tertiary/aromatic N) is 2. The molecule has 0 fully saturated rings. The molecule has 0 unspecified atom stereocenters. The molecule has 0 aliphatic carbocycles. The van der Waals surface area contributed by atoms with Gasteiger partial charge in [-0.15, -0.1) is 0 Å². The Hall–Kier alpha value is -2.43. The van der Waals surface area contributed by atoms with E-state index in [1.54, 1.807) is 18.3 Å². The van der Waals surface area contributed by atoms with E-state index in [4.69, 9.17) is 0 Å². The molecule has 2 aromatic rings. The SMILES string of the molecule is Cc1ccc(NCc2ccccn2)c([N+](=O)[O-])c1. The number of hydrogen-bond acceptors (Lipinski definition) is 4. The highest BCUT2D eigenvalue weighted by Gasteiger charge is 2.13. The first-order valence-electron chi connectivity index (χ1n) is 5.55. The third-order valence-electron chi connectivity index (χ3n) is 2.54. The van der Waals surface area contributed by atoms with Crippen molar-refractivity contribution in [3.8, 4) is 0 Å². The molecular weight excluding hydrogens is 230 g/mol. The van der Waals surface area contributed by atoms with Crippen LogP contribution in [0, 0.1) is 17.0 Å². The van der Waals surface area contributed by atoms with Crippen molar-refractivity contribution in [2.24, 2.45) is 0 Å². The van der Waals surface area contributed by atoms with Gasteiger partial charge in [0, 0.05) is 12.3 Å². The Morgan fingerprint density at radius 2 is 2.17 bits per heavy atom. The average Bonchev–Trinajstić information content (AvgIpc) is 2.38. The van der Waals surface area contributed by atoms with E-state index in [-0.39, 0.29) is 10.6 Å². The molecule has 18 heavy (non-hydrogen) atoms. The van der Waals surface area contributed by atoms with Crippen LogP contribution in [0.3, 0.4) is 0 Å². The highest BCUT2D eigenvalue weighted by atomic mass is 16.6. The number of pyridine rings is 1. The molecule has 0 aliphatic heterocycles. The first-order chi connectivity index (χ1) is 8.66. The second-order valence-corrected chi connectivity index (χ2v) is 3.95. The van der Waals surface area contributed by atoms with Gasteiger partial charge in [-0.3, -0.25) is 15.1 Å². The van der Waals surface area contributed by atoms with Gasteiger partial charge >= 0.3 is 0 Å². The molecule has 0 saturated heterocycles. The molecule has 5 nitrogen and oxygen atoms in total. The van der Waals surface area contributed by atoms with Crippen LogP contribution in [-0.2, 0) is 6.54 Å². The Kier molecular flexibility index (Phi) is 3.52. The number of benzene rings is 1. The highest BCUT2D eigenvalue weighted by Crippen LogP contribution is 2.25. The lowest BCUT2D eigenvalue weighted by Crippen LogP contribution is -2.04. The third kappa shape index (κ3) is 2.82. The Morgan fingerprint density at radius 1 is 1.33 bits per heavy atom. The molecule has 0 saturated carbocycles. The highest BCUT2D eigenvalue weighted by molar-refractivity contribution is 5.62. The quantitative estimate of drug-likeness (QED) is 0.662. The summed E-state index contributed by atoms with van der Waals surface area (Å²) in [7, 11) is 0. The Morgan fingerprint density at radius 3 is 2.83 bits per heavy atom. The van der Waals surface area contributed by atoms with E-state index in [0.29, 0.717) is 12.2 Å². The smallest absolute Gasteiger partial charge is 0.292 e. The van der Waals surface area contributed by atoms with Crippen LogP contribution < -0.4 is 5.32 Å². The molecule has 1 aromatic carbocycles. The second kappa shape index (κ2) is 5.27. The predicted octanol–water partition coefficient (Wildman–Crippen LogP) is 2.91. The van der Waals surface area contributed by atoms with Gasteiger partial charge in [0.2, 0.25) is 0 Å². The van der Waals surface area contributed by atoms with Crippen molar-refractivity contribution in [2.75, 3.05) is 5.32 Å². The summed E-state index contributed by atoms with van der Waals surface area (Å²) in [6.45, 7) is 2.29. The summed E-state index contributed by atoms with van der Waals surface area (Å²) in [4.78, 5) is 14.7. The predicted molar refractivity (Wildman–Crippen MR) is 69.4 cm³/mol. The van der Waals surface area contributed by atoms with E-state index in [1.165, 1.54) is 0 Å². The van der Waals surface area contributed by atoms with Crippen LogP contribution in [0.2, 0.25) is 0 Å². The minimum atomic E-state index is -0.381. The first-order valence-corrected chi connectivity index (χ1v) is 5.55. The van der Waals surface area contributed by atoms with Crippen molar-refractivity contribution in [1.82, 2.24) is 4.98 Å². The van der Waals surface area contributed by atoms with Gasteiger partial charge in [-0.05, 0) is 30.7 Å². The fourth-order valence-electron chi connectivity index (χ4n) is 1.63. The van der Waals surface area contributed by atoms with Gasteiger partial charge < -0.3 is 5.32 Å². The standard InChI is InChI=1S/C13H13N3O2/c1-10-5-6-12(13(8-10)16(17)18)15-9-11-4-2-3-7-14-11/h2-8,15H,9H2,1H3. The van der Waals surface area contributed by atoms with Crippen molar-refractivity contribution >= 4 is 11.4 Å². The molecule has 0 radical (unpaired) electrons. The van der Waals surface area contributed by atoms with Gasteiger partial charge in [-0.2, -0.15) is 0 Å². The van der Waals surface area contributed by atoms with Crippen LogP contribution >= 0.6 is 0 Å². The molecule has 0 bridgehead atoms. The molecule has 1 heterocycles. The Bertz CT molecular complexity index is 555. The minimum absolute atomic E-state index is 0.0888. The number of aryl methyl sites for hydroxylation is 1. The van der Waals surface area contributed by atoms with Crippen molar-refractivity contribution in [3.63, 3.8) is 0 Å². The maximum Gasteiger partial charge on any atom is 0.292 e. The normalized spacial score (nSPS) is 10.1. The van der Waals surface area contributed by atoms with Crippen LogP contribution in [-0.4, -0.2) is 9.91 Å². The number of hydrogen-bond donors (Lipinski definition) is 1. The van der Waals surface area contributed by atoms with E-state index in [1.807, 2.05) is 31.2 Å². The van der Waals surface area contributed by atoms with E-state index in [9.17, 15) is 10.1 Å². The number of rotatable bonds is 4. The topological polar surface area (TPSA) is 68.1 Å². The summed E-state index contributed by atoms with van der Waals surface area (Å²) in [5.74, 6) is 0. The number of nitro groups is 1. The molecule has 0 amide bonds. The Balaban J connectivity index is 2.17.